The zero-order valence-corrected chi connectivity index (χ0v) is 9.28. The number of hydrogen-bond donors (Lipinski definition) is 1. The summed E-state index contributed by atoms with van der Waals surface area (Å²) in [7, 11) is 0. The van der Waals surface area contributed by atoms with E-state index in [9.17, 15) is 0 Å². The summed E-state index contributed by atoms with van der Waals surface area (Å²) in [6.45, 7) is 1.58. The summed E-state index contributed by atoms with van der Waals surface area (Å²) >= 11 is 0. The number of rotatable bonds is 5. The lowest BCUT2D eigenvalue weighted by Gasteiger charge is -2.26. The summed E-state index contributed by atoms with van der Waals surface area (Å²) in [6.07, 6.45) is 3.96. The van der Waals surface area contributed by atoms with Gasteiger partial charge in [0.1, 0.15) is 12.4 Å². The molecule has 1 aliphatic rings. The second kappa shape index (κ2) is 5.53. The third-order valence-corrected chi connectivity index (χ3v) is 2.89. The van der Waals surface area contributed by atoms with Crippen LogP contribution in [0, 0.1) is 11.3 Å². The number of ether oxygens (including phenoxy) is 1. The molecule has 84 valence electrons. The standard InChI is InChI=1S/C13H16N2O/c14-10-11-4-6-13(7-5-11)16-9-8-15-12-2-1-3-12/h4-7,12,15H,1-3,8-9H2. The van der Waals surface area contributed by atoms with E-state index in [1.807, 2.05) is 12.1 Å². The van der Waals surface area contributed by atoms with Crippen molar-refractivity contribution in [3.63, 3.8) is 0 Å². The van der Waals surface area contributed by atoms with Crippen LogP contribution in [0.2, 0.25) is 0 Å². The van der Waals surface area contributed by atoms with Crippen molar-refractivity contribution < 1.29 is 4.74 Å². The van der Waals surface area contributed by atoms with Gasteiger partial charge in [0.25, 0.3) is 0 Å². The Morgan fingerprint density at radius 2 is 2.06 bits per heavy atom. The number of nitriles is 1. The zero-order chi connectivity index (χ0) is 11.2. The maximum absolute atomic E-state index is 8.64. The molecule has 0 aliphatic heterocycles. The molecule has 3 heteroatoms. The van der Waals surface area contributed by atoms with Crippen LogP contribution in [0.1, 0.15) is 24.8 Å². The molecule has 0 saturated heterocycles. The summed E-state index contributed by atoms with van der Waals surface area (Å²) in [5.74, 6) is 0.828. The molecule has 1 aliphatic carbocycles. The van der Waals surface area contributed by atoms with E-state index < -0.39 is 0 Å². The highest BCUT2D eigenvalue weighted by Crippen LogP contribution is 2.17. The van der Waals surface area contributed by atoms with E-state index in [-0.39, 0.29) is 0 Å². The van der Waals surface area contributed by atoms with E-state index in [2.05, 4.69) is 11.4 Å². The molecule has 0 radical (unpaired) electrons. The van der Waals surface area contributed by atoms with E-state index in [0.29, 0.717) is 18.2 Å². The largest absolute Gasteiger partial charge is 0.492 e. The summed E-state index contributed by atoms with van der Waals surface area (Å²) in [4.78, 5) is 0. The van der Waals surface area contributed by atoms with Crippen LogP contribution in [-0.2, 0) is 0 Å². The predicted molar refractivity (Wildman–Crippen MR) is 62.3 cm³/mol. The van der Waals surface area contributed by atoms with Gasteiger partial charge < -0.3 is 10.1 Å². The van der Waals surface area contributed by atoms with Gasteiger partial charge in [-0.1, -0.05) is 6.42 Å². The summed E-state index contributed by atoms with van der Waals surface area (Å²) in [5, 5.41) is 12.1. The minimum atomic E-state index is 0.667. The fraction of sp³-hybridized carbons (Fsp3) is 0.462. The summed E-state index contributed by atoms with van der Waals surface area (Å²) in [6, 6.07) is 10.0. The Labute approximate surface area is 96.0 Å². The van der Waals surface area contributed by atoms with Gasteiger partial charge in [-0.25, -0.2) is 0 Å². The smallest absolute Gasteiger partial charge is 0.119 e. The van der Waals surface area contributed by atoms with Crippen molar-refractivity contribution in [1.82, 2.24) is 5.32 Å². The monoisotopic (exact) mass is 216 g/mol. The lowest BCUT2D eigenvalue weighted by atomic mass is 9.93. The molecule has 0 amide bonds. The first-order valence-electron chi connectivity index (χ1n) is 5.75. The number of hydrogen-bond acceptors (Lipinski definition) is 3. The molecule has 0 heterocycles. The van der Waals surface area contributed by atoms with Crippen molar-refractivity contribution >= 4 is 0 Å². The van der Waals surface area contributed by atoms with Crippen LogP contribution in [0.3, 0.4) is 0 Å². The van der Waals surface area contributed by atoms with Crippen LogP contribution in [0.4, 0.5) is 0 Å². The van der Waals surface area contributed by atoms with Crippen LogP contribution in [0.5, 0.6) is 5.75 Å². The molecule has 0 atom stereocenters. The Kier molecular flexibility index (Phi) is 3.79. The third kappa shape index (κ3) is 2.98. The van der Waals surface area contributed by atoms with Crippen molar-refractivity contribution in [3.8, 4) is 11.8 Å². The molecule has 16 heavy (non-hydrogen) atoms. The van der Waals surface area contributed by atoms with E-state index in [0.717, 1.165) is 12.3 Å². The Morgan fingerprint density at radius 1 is 1.31 bits per heavy atom. The average molecular weight is 216 g/mol. The SMILES string of the molecule is N#Cc1ccc(OCCNC2CCC2)cc1. The molecule has 0 spiro atoms. The summed E-state index contributed by atoms with van der Waals surface area (Å²) < 4.78 is 5.55. The number of nitrogens with one attached hydrogen (secondary N) is 1. The Bertz CT molecular complexity index is 363. The first-order valence-corrected chi connectivity index (χ1v) is 5.75. The van der Waals surface area contributed by atoms with Crippen molar-refractivity contribution in [2.24, 2.45) is 0 Å². The third-order valence-electron chi connectivity index (χ3n) is 2.89. The molecule has 1 aromatic carbocycles. The van der Waals surface area contributed by atoms with Crippen LogP contribution in [0.25, 0.3) is 0 Å². The van der Waals surface area contributed by atoms with Gasteiger partial charge in [0.15, 0.2) is 0 Å². The van der Waals surface area contributed by atoms with Gasteiger partial charge in [-0.3, -0.25) is 0 Å². The molecule has 1 N–H and O–H groups in total. The number of nitrogens with zero attached hydrogens (tertiary/aromatic N) is 1. The van der Waals surface area contributed by atoms with Crippen molar-refractivity contribution in [2.75, 3.05) is 13.2 Å². The molecule has 0 unspecified atom stereocenters. The second-order valence-electron chi connectivity index (χ2n) is 4.07. The molecule has 2 rings (SSSR count). The lowest BCUT2D eigenvalue weighted by molar-refractivity contribution is 0.276. The molecule has 1 aromatic rings. The minimum absolute atomic E-state index is 0.667. The van der Waals surface area contributed by atoms with Crippen LogP contribution in [-0.4, -0.2) is 19.2 Å². The highest BCUT2D eigenvalue weighted by atomic mass is 16.5. The topological polar surface area (TPSA) is 45.0 Å². The fourth-order valence-corrected chi connectivity index (χ4v) is 1.67. The van der Waals surface area contributed by atoms with Crippen LogP contribution < -0.4 is 10.1 Å². The van der Waals surface area contributed by atoms with Gasteiger partial charge in [0, 0.05) is 12.6 Å². The quantitative estimate of drug-likeness (QED) is 0.766. The predicted octanol–water partition coefficient (Wildman–Crippen LogP) is 2.08. The van der Waals surface area contributed by atoms with Crippen molar-refractivity contribution in [2.45, 2.75) is 25.3 Å². The molecule has 1 fully saturated rings. The van der Waals surface area contributed by atoms with E-state index in [1.165, 1.54) is 19.3 Å². The van der Waals surface area contributed by atoms with Gasteiger partial charge in [-0.15, -0.1) is 0 Å². The first kappa shape index (κ1) is 11.0. The van der Waals surface area contributed by atoms with Crippen molar-refractivity contribution in [1.29, 1.82) is 5.26 Å². The molecule has 0 bridgehead atoms. The molecular formula is C13H16N2O. The summed E-state index contributed by atoms with van der Waals surface area (Å²) in [5.41, 5.74) is 0.667. The second-order valence-corrected chi connectivity index (χ2v) is 4.07. The van der Waals surface area contributed by atoms with E-state index in [4.69, 9.17) is 10.00 Å². The number of benzene rings is 1. The molecule has 0 aromatic heterocycles. The van der Waals surface area contributed by atoms with Gasteiger partial charge in [-0.05, 0) is 37.1 Å². The Balaban J connectivity index is 1.66. The minimum Gasteiger partial charge on any atom is -0.492 e. The van der Waals surface area contributed by atoms with E-state index in [1.54, 1.807) is 12.1 Å². The average Bonchev–Trinajstić information content (AvgIpc) is 2.27. The Hall–Kier alpha value is -1.53. The van der Waals surface area contributed by atoms with E-state index >= 15 is 0 Å². The highest BCUT2D eigenvalue weighted by molar-refractivity contribution is 5.34. The van der Waals surface area contributed by atoms with Crippen LogP contribution in [0.15, 0.2) is 24.3 Å². The molecule has 3 nitrogen and oxygen atoms in total. The molecular weight excluding hydrogens is 200 g/mol. The Morgan fingerprint density at radius 3 is 2.62 bits per heavy atom. The van der Waals surface area contributed by atoms with Crippen LogP contribution >= 0.6 is 0 Å². The maximum Gasteiger partial charge on any atom is 0.119 e. The normalized spacial score (nSPS) is 15.2. The highest BCUT2D eigenvalue weighted by Gasteiger charge is 2.15. The van der Waals surface area contributed by atoms with Gasteiger partial charge in [0.2, 0.25) is 0 Å². The lowest BCUT2D eigenvalue weighted by Crippen LogP contribution is -2.37. The zero-order valence-electron chi connectivity index (χ0n) is 9.28. The van der Waals surface area contributed by atoms with Gasteiger partial charge >= 0.3 is 0 Å². The first-order chi connectivity index (χ1) is 7.88. The fourth-order valence-electron chi connectivity index (χ4n) is 1.67. The van der Waals surface area contributed by atoms with Crippen molar-refractivity contribution in [3.05, 3.63) is 29.8 Å². The van der Waals surface area contributed by atoms with Gasteiger partial charge in [0.05, 0.1) is 11.6 Å². The maximum atomic E-state index is 8.64. The van der Waals surface area contributed by atoms with Gasteiger partial charge in [-0.2, -0.15) is 5.26 Å². The molecule has 1 saturated carbocycles.